The second-order valence-corrected chi connectivity index (χ2v) is 3.87. The Morgan fingerprint density at radius 3 is 2.33 bits per heavy atom. The molecule has 0 fully saturated rings. The maximum absolute atomic E-state index is 11.5. The Morgan fingerprint density at radius 2 is 1.67 bits per heavy atom. The van der Waals surface area contributed by atoms with E-state index in [1.165, 1.54) is 0 Å². The molecule has 0 aliphatic heterocycles. The van der Waals surface area contributed by atoms with Gasteiger partial charge < -0.3 is 0 Å². The van der Waals surface area contributed by atoms with Crippen LogP contribution < -0.4 is 4.91 Å². The molecule has 0 atom stereocenters. The first kappa shape index (κ1) is 12.2. The summed E-state index contributed by atoms with van der Waals surface area (Å²) in [6.45, 7) is 0. The number of rotatable bonds is 2. The predicted octanol–water partition coefficient (Wildman–Crippen LogP) is 3.78. The van der Waals surface area contributed by atoms with Gasteiger partial charge in [0.25, 0.3) is 0 Å². The van der Waals surface area contributed by atoms with Crippen molar-refractivity contribution in [2.75, 3.05) is 0 Å². The fourth-order valence-corrected chi connectivity index (χ4v) is 1.39. The minimum absolute atomic E-state index is 0.423. The van der Waals surface area contributed by atoms with E-state index in [-0.39, 0.29) is 0 Å². The van der Waals surface area contributed by atoms with Crippen LogP contribution in [0.4, 0.5) is 5.69 Å². The summed E-state index contributed by atoms with van der Waals surface area (Å²) in [7, 11) is 0. The molecule has 88 valence electrons. The lowest BCUT2D eigenvalue weighted by molar-refractivity contribution is 0.0992. The molecule has 0 unspecified atom stereocenters. The lowest BCUT2D eigenvalue weighted by Gasteiger charge is -1.86. The van der Waals surface area contributed by atoms with E-state index in [2.05, 4.69) is 15.1 Å². The largest absolute Gasteiger partial charge is 0.360 e. The quantitative estimate of drug-likeness (QED) is 0.597. The number of carbonyl (C=O) groups excluding carboxylic acids is 1. The van der Waals surface area contributed by atoms with Gasteiger partial charge in [-0.05, 0) is 36.4 Å². The monoisotopic (exact) mass is 258 g/mol. The van der Waals surface area contributed by atoms with Gasteiger partial charge in [-0.2, -0.15) is 0 Å². The number of halogens is 1. The highest BCUT2D eigenvalue weighted by molar-refractivity contribution is 6.30. The Labute approximate surface area is 109 Å². The van der Waals surface area contributed by atoms with Crippen molar-refractivity contribution in [1.82, 2.24) is 4.91 Å². The van der Waals surface area contributed by atoms with Crippen LogP contribution in [0.5, 0.6) is 0 Å². The van der Waals surface area contributed by atoms with Crippen molar-refractivity contribution >= 4 is 23.2 Å². The van der Waals surface area contributed by atoms with Crippen LogP contribution in [0, 0.1) is 0 Å². The molecule has 0 spiro atoms. The van der Waals surface area contributed by atoms with Gasteiger partial charge >= 0.3 is 5.91 Å². The van der Waals surface area contributed by atoms with E-state index in [0.29, 0.717) is 16.3 Å². The van der Waals surface area contributed by atoms with Gasteiger partial charge in [-0.3, -0.25) is 4.79 Å². The fraction of sp³-hybridized carbons (Fsp3) is 0. The zero-order valence-corrected chi connectivity index (χ0v) is 10.1. The molecule has 4 nitrogen and oxygen atoms in total. The highest BCUT2D eigenvalue weighted by Crippen LogP contribution is 2.15. The third-order valence-electron chi connectivity index (χ3n) is 2.14. The molecule has 0 aromatic heterocycles. The summed E-state index contributed by atoms with van der Waals surface area (Å²) in [6, 6.07) is 15.4. The first-order valence-corrected chi connectivity index (χ1v) is 5.60. The molecule has 2 rings (SSSR count). The summed E-state index contributed by atoms with van der Waals surface area (Å²) in [6.07, 6.45) is 0. The van der Waals surface area contributed by atoms with E-state index in [1.807, 2.05) is 6.07 Å². The van der Waals surface area contributed by atoms with Gasteiger partial charge in [0.05, 0.1) is 0 Å². The highest BCUT2D eigenvalue weighted by atomic mass is 35.5. The fourth-order valence-electron chi connectivity index (χ4n) is 1.26. The topological polar surface area (TPSA) is 55.9 Å². The summed E-state index contributed by atoms with van der Waals surface area (Å²) in [5.74, 6) is -0.423. The van der Waals surface area contributed by atoms with Crippen LogP contribution in [0.25, 0.3) is 0 Å². The van der Waals surface area contributed by atoms with Crippen LogP contribution in [-0.2, 0) is 0 Å². The molecule has 0 bridgehead atoms. The van der Waals surface area contributed by atoms with Crippen LogP contribution in [0.2, 0.25) is 5.02 Å². The lowest BCUT2D eigenvalue weighted by Crippen LogP contribution is -1.93. The second kappa shape index (κ2) is 5.87. The molecule has 0 N–H and O–H groups in total. The summed E-state index contributed by atoms with van der Waals surface area (Å²) in [5, 5.41) is 7.91. The van der Waals surface area contributed by atoms with Gasteiger partial charge in [0.1, 0.15) is 0 Å². The SMILES string of the molecule is O=C(N=[N+]=Nc1ccc(Cl)cc1)c1ccccc1. The third-order valence-corrected chi connectivity index (χ3v) is 2.40. The van der Waals surface area contributed by atoms with Crippen LogP contribution in [-0.4, -0.2) is 5.91 Å². The summed E-state index contributed by atoms with van der Waals surface area (Å²) in [4.78, 5) is 15.1. The number of carbonyl (C=O) groups is 1. The van der Waals surface area contributed by atoms with Crippen LogP contribution >= 0.6 is 11.6 Å². The van der Waals surface area contributed by atoms with Gasteiger partial charge in [0.2, 0.25) is 10.0 Å². The maximum atomic E-state index is 11.5. The number of hydrogen-bond acceptors (Lipinski definition) is 2. The molecule has 0 radical (unpaired) electrons. The van der Waals surface area contributed by atoms with Crippen molar-refractivity contribution in [2.45, 2.75) is 0 Å². The number of amides is 1. The Bertz CT molecular complexity index is 602. The molecular weight excluding hydrogens is 250 g/mol. The molecule has 0 aliphatic rings. The lowest BCUT2D eigenvalue weighted by atomic mass is 10.2. The molecular formula is C13H9ClN3O+. The Balaban J connectivity index is 2.11. The first-order valence-electron chi connectivity index (χ1n) is 5.22. The Hall–Kier alpha value is -2.29. The average molecular weight is 259 g/mol. The van der Waals surface area contributed by atoms with E-state index in [9.17, 15) is 4.79 Å². The van der Waals surface area contributed by atoms with E-state index in [1.54, 1.807) is 48.5 Å². The third kappa shape index (κ3) is 3.35. The summed E-state index contributed by atoms with van der Waals surface area (Å²) < 4.78 is 0. The normalized spacial score (nSPS) is 9.39. The molecule has 1 amide bonds. The van der Waals surface area contributed by atoms with Crippen molar-refractivity contribution in [3.8, 4) is 0 Å². The number of hydrogen-bond donors (Lipinski definition) is 0. The Kier molecular flexibility index (Phi) is 3.97. The molecule has 2 aromatic carbocycles. The maximum Gasteiger partial charge on any atom is 0.360 e. The minimum Gasteiger partial charge on any atom is -0.259 e. The van der Waals surface area contributed by atoms with E-state index >= 15 is 0 Å². The molecule has 2 aromatic rings. The molecule has 5 heteroatoms. The molecule has 18 heavy (non-hydrogen) atoms. The zero-order chi connectivity index (χ0) is 12.8. The minimum atomic E-state index is -0.423. The van der Waals surface area contributed by atoms with Crippen LogP contribution in [0.15, 0.2) is 64.8 Å². The van der Waals surface area contributed by atoms with Crippen molar-refractivity contribution in [3.05, 3.63) is 65.2 Å². The van der Waals surface area contributed by atoms with Gasteiger partial charge in [-0.1, -0.05) is 29.8 Å². The van der Waals surface area contributed by atoms with Crippen LogP contribution in [0.3, 0.4) is 0 Å². The van der Waals surface area contributed by atoms with Gasteiger partial charge in [0.15, 0.2) is 10.8 Å². The first-order chi connectivity index (χ1) is 8.75. The van der Waals surface area contributed by atoms with E-state index in [4.69, 9.17) is 11.6 Å². The van der Waals surface area contributed by atoms with Crippen molar-refractivity contribution in [3.63, 3.8) is 0 Å². The van der Waals surface area contributed by atoms with Gasteiger partial charge in [-0.25, -0.2) is 0 Å². The molecule has 0 saturated heterocycles. The standard InChI is InChI=1S/C13H9ClN3O/c14-11-6-8-12(9-7-11)15-17-16-13(18)10-4-2-1-3-5-10/h1-9H/q+1. The van der Waals surface area contributed by atoms with Crippen molar-refractivity contribution in [1.29, 1.82) is 0 Å². The van der Waals surface area contributed by atoms with Crippen molar-refractivity contribution in [2.24, 2.45) is 10.2 Å². The van der Waals surface area contributed by atoms with Gasteiger partial charge in [-0.15, -0.1) is 0 Å². The van der Waals surface area contributed by atoms with E-state index in [0.717, 1.165) is 0 Å². The smallest absolute Gasteiger partial charge is 0.259 e. The summed E-state index contributed by atoms with van der Waals surface area (Å²) >= 11 is 5.73. The number of nitrogens with zero attached hydrogens (tertiary/aromatic N) is 3. The zero-order valence-electron chi connectivity index (χ0n) is 9.32. The molecule has 0 saturated carbocycles. The summed E-state index contributed by atoms with van der Waals surface area (Å²) in [5.41, 5.74) is 1.07. The van der Waals surface area contributed by atoms with Crippen LogP contribution in [0.1, 0.15) is 10.4 Å². The molecule has 0 aliphatic carbocycles. The van der Waals surface area contributed by atoms with Gasteiger partial charge in [0, 0.05) is 10.6 Å². The van der Waals surface area contributed by atoms with E-state index < -0.39 is 5.91 Å². The predicted molar refractivity (Wildman–Crippen MR) is 68.9 cm³/mol. The number of benzene rings is 2. The Morgan fingerprint density at radius 1 is 1.00 bits per heavy atom. The second-order valence-electron chi connectivity index (χ2n) is 3.44. The average Bonchev–Trinajstić information content (AvgIpc) is 2.42. The highest BCUT2D eigenvalue weighted by Gasteiger charge is 2.07. The van der Waals surface area contributed by atoms with Crippen molar-refractivity contribution < 1.29 is 4.79 Å². The molecule has 0 heterocycles.